The van der Waals surface area contributed by atoms with E-state index in [4.69, 9.17) is 22.1 Å². The van der Waals surface area contributed by atoms with Crippen LogP contribution in [0.1, 0.15) is 16.7 Å². The molecule has 0 saturated carbocycles. The van der Waals surface area contributed by atoms with Crippen LogP contribution in [0.25, 0.3) is 0 Å². The lowest BCUT2D eigenvalue weighted by Crippen LogP contribution is -2.00. The molecule has 0 aliphatic heterocycles. The van der Waals surface area contributed by atoms with Crippen LogP contribution in [0.4, 0.5) is 0 Å². The van der Waals surface area contributed by atoms with Gasteiger partial charge in [0.1, 0.15) is 12.4 Å². The number of hydrogen-bond donors (Lipinski definition) is 1. The topological polar surface area (TPSA) is 35.2 Å². The number of aryl methyl sites for hydroxylation is 1. The van der Waals surface area contributed by atoms with E-state index < -0.39 is 0 Å². The zero-order valence-corrected chi connectivity index (χ0v) is 12.1. The second-order valence-electron chi connectivity index (χ2n) is 4.36. The Labute approximate surface area is 124 Å². The molecule has 0 radical (unpaired) electrons. The maximum atomic E-state index is 5.98. The van der Waals surface area contributed by atoms with Gasteiger partial charge < -0.3 is 10.5 Å². The molecular formula is C17H16ClNO. The molecule has 0 fully saturated rings. The van der Waals surface area contributed by atoms with Crippen molar-refractivity contribution < 1.29 is 4.74 Å². The Morgan fingerprint density at radius 2 is 2.00 bits per heavy atom. The third-order valence-corrected chi connectivity index (χ3v) is 3.11. The number of halogens is 1. The highest BCUT2D eigenvalue weighted by Gasteiger charge is 2.04. The van der Waals surface area contributed by atoms with E-state index in [1.54, 1.807) is 0 Å². The van der Waals surface area contributed by atoms with E-state index in [0.717, 1.165) is 22.4 Å². The van der Waals surface area contributed by atoms with Crippen LogP contribution in [-0.2, 0) is 6.61 Å². The van der Waals surface area contributed by atoms with Gasteiger partial charge >= 0.3 is 0 Å². The third kappa shape index (κ3) is 3.77. The molecule has 0 aliphatic rings. The minimum absolute atomic E-state index is 0.350. The summed E-state index contributed by atoms with van der Waals surface area (Å²) in [6.45, 7) is 2.80. The van der Waals surface area contributed by atoms with E-state index in [-0.39, 0.29) is 0 Å². The molecule has 0 aromatic heterocycles. The van der Waals surface area contributed by atoms with E-state index in [9.17, 15) is 0 Å². The first-order valence-electron chi connectivity index (χ1n) is 6.36. The van der Waals surface area contributed by atoms with Gasteiger partial charge in [-0.05, 0) is 30.7 Å². The predicted molar refractivity (Wildman–Crippen MR) is 82.9 cm³/mol. The fourth-order valence-electron chi connectivity index (χ4n) is 1.80. The normalized spacial score (nSPS) is 9.75. The van der Waals surface area contributed by atoms with E-state index in [1.807, 2.05) is 49.4 Å². The summed E-state index contributed by atoms with van der Waals surface area (Å²) in [7, 11) is 0. The van der Waals surface area contributed by atoms with Gasteiger partial charge in [-0.3, -0.25) is 0 Å². The van der Waals surface area contributed by atoms with Gasteiger partial charge in [0, 0.05) is 16.1 Å². The minimum atomic E-state index is 0.350. The average Bonchev–Trinajstić information content (AvgIpc) is 2.47. The lowest BCUT2D eigenvalue weighted by Gasteiger charge is -2.10. The second kappa shape index (κ2) is 7.00. The first-order chi connectivity index (χ1) is 9.70. The molecule has 0 heterocycles. The molecule has 0 bridgehead atoms. The molecule has 0 atom stereocenters. The molecule has 2 N–H and O–H groups in total. The smallest absolute Gasteiger partial charge is 0.124 e. The summed E-state index contributed by atoms with van der Waals surface area (Å²) in [5.74, 6) is 6.71. The van der Waals surface area contributed by atoms with Crippen LogP contribution in [0.15, 0.2) is 42.5 Å². The molecule has 3 heteroatoms. The molecule has 102 valence electrons. The van der Waals surface area contributed by atoms with Crippen molar-refractivity contribution in [2.45, 2.75) is 13.5 Å². The summed E-state index contributed by atoms with van der Waals surface area (Å²) >= 11 is 5.98. The van der Waals surface area contributed by atoms with E-state index >= 15 is 0 Å². The second-order valence-corrected chi connectivity index (χ2v) is 4.80. The van der Waals surface area contributed by atoms with Crippen LogP contribution in [0.5, 0.6) is 5.75 Å². The summed E-state index contributed by atoms with van der Waals surface area (Å²) in [6, 6.07) is 13.5. The van der Waals surface area contributed by atoms with Crippen molar-refractivity contribution in [2.24, 2.45) is 5.73 Å². The Bertz CT molecular complexity index is 656. The molecule has 0 amide bonds. The monoisotopic (exact) mass is 285 g/mol. The maximum absolute atomic E-state index is 5.98. The summed E-state index contributed by atoms with van der Waals surface area (Å²) in [4.78, 5) is 0. The molecular weight excluding hydrogens is 270 g/mol. The first-order valence-corrected chi connectivity index (χ1v) is 6.74. The van der Waals surface area contributed by atoms with Gasteiger partial charge in [-0.1, -0.05) is 47.7 Å². The van der Waals surface area contributed by atoms with Crippen molar-refractivity contribution in [3.8, 4) is 17.6 Å². The highest BCUT2D eigenvalue weighted by atomic mass is 35.5. The number of ether oxygens (including phenoxy) is 1. The minimum Gasteiger partial charge on any atom is -0.489 e. The van der Waals surface area contributed by atoms with Crippen LogP contribution in [0, 0.1) is 18.8 Å². The molecule has 20 heavy (non-hydrogen) atoms. The third-order valence-electron chi connectivity index (χ3n) is 2.88. The van der Waals surface area contributed by atoms with Gasteiger partial charge in [0.15, 0.2) is 0 Å². The number of nitrogens with two attached hydrogens (primary N) is 1. The lowest BCUT2D eigenvalue weighted by atomic mass is 10.1. The SMILES string of the molecule is Cc1ccc(Cl)cc1OCc1ccccc1C#CCN. The molecule has 0 aliphatic carbocycles. The molecule has 2 nitrogen and oxygen atoms in total. The van der Waals surface area contributed by atoms with Crippen LogP contribution in [0.2, 0.25) is 5.02 Å². The zero-order chi connectivity index (χ0) is 14.4. The summed E-state index contributed by atoms with van der Waals surface area (Å²) < 4.78 is 5.84. The van der Waals surface area contributed by atoms with Crippen LogP contribution < -0.4 is 10.5 Å². The van der Waals surface area contributed by atoms with E-state index in [2.05, 4.69) is 11.8 Å². The molecule has 0 unspecified atom stereocenters. The lowest BCUT2D eigenvalue weighted by molar-refractivity contribution is 0.304. The molecule has 2 aromatic rings. The van der Waals surface area contributed by atoms with Crippen molar-refractivity contribution >= 4 is 11.6 Å². The van der Waals surface area contributed by atoms with Gasteiger partial charge in [-0.2, -0.15) is 0 Å². The van der Waals surface area contributed by atoms with Crippen molar-refractivity contribution in [1.82, 2.24) is 0 Å². The van der Waals surface area contributed by atoms with Crippen LogP contribution in [-0.4, -0.2) is 6.54 Å². The van der Waals surface area contributed by atoms with E-state index in [0.29, 0.717) is 18.2 Å². The number of benzene rings is 2. The highest BCUT2D eigenvalue weighted by Crippen LogP contribution is 2.23. The van der Waals surface area contributed by atoms with Crippen molar-refractivity contribution in [2.75, 3.05) is 6.54 Å². The standard InChI is InChI=1S/C17H16ClNO/c1-13-8-9-16(18)11-17(13)20-12-15-6-3-2-5-14(15)7-4-10-19/h2-3,5-6,8-9,11H,10,12,19H2,1H3. The summed E-state index contributed by atoms with van der Waals surface area (Å²) in [6.07, 6.45) is 0. The average molecular weight is 286 g/mol. The Kier molecular flexibility index (Phi) is 5.06. The van der Waals surface area contributed by atoms with Crippen molar-refractivity contribution in [3.63, 3.8) is 0 Å². The molecule has 0 saturated heterocycles. The first kappa shape index (κ1) is 14.5. The van der Waals surface area contributed by atoms with Crippen molar-refractivity contribution in [1.29, 1.82) is 0 Å². The van der Waals surface area contributed by atoms with Gasteiger partial charge in [0.2, 0.25) is 0 Å². The fourth-order valence-corrected chi connectivity index (χ4v) is 1.96. The van der Waals surface area contributed by atoms with Crippen molar-refractivity contribution in [3.05, 3.63) is 64.2 Å². The largest absolute Gasteiger partial charge is 0.489 e. The Morgan fingerprint density at radius 1 is 1.20 bits per heavy atom. The van der Waals surface area contributed by atoms with Gasteiger partial charge in [0.25, 0.3) is 0 Å². The predicted octanol–water partition coefficient (Wildman–Crippen LogP) is 3.54. The number of hydrogen-bond acceptors (Lipinski definition) is 2. The van der Waals surface area contributed by atoms with Crippen LogP contribution in [0.3, 0.4) is 0 Å². The summed E-state index contributed by atoms with van der Waals surface area (Å²) in [5.41, 5.74) is 8.44. The summed E-state index contributed by atoms with van der Waals surface area (Å²) in [5, 5.41) is 0.668. The van der Waals surface area contributed by atoms with Gasteiger partial charge in [-0.15, -0.1) is 0 Å². The van der Waals surface area contributed by atoms with E-state index in [1.165, 1.54) is 0 Å². The molecule has 2 rings (SSSR count). The molecule has 2 aromatic carbocycles. The Hall–Kier alpha value is -1.95. The zero-order valence-electron chi connectivity index (χ0n) is 11.3. The highest BCUT2D eigenvalue weighted by molar-refractivity contribution is 6.30. The quantitative estimate of drug-likeness (QED) is 0.876. The number of rotatable bonds is 3. The molecule has 0 spiro atoms. The van der Waals surface area contributed by atoms with Gasteiger partial charge in [0.05, 0.1) is 6.54 Å². The Morgan fingerprint density at radius 3 is 2.80 bits per heavy atom. The maximum Gasteiger partial charge on any atom is 0.124 e. The van der Waals surface area contributed by atoms with Gasteiger partial charge in [-0.25, -0.2) is 0 Å². The van der Waals surface area contributed by atoms with Crippen LogP contribution >= 0.6 is 11.6 Å². The fraction of sp³-hybridized carbons (Fsp3) is 0.176. The Balaban J connectivity index is 2.17.